The molecule has 0 radical (unpaired) electrons. The number of esters is 1. The molecule has 2 aliphatic rings. The van der Waals surface area contributed by atoms with Crippen molar-refractivity contribution in [3.63, 3.8) is 0 Å². The SMILES string of the molecule is COCCOCC(=O)O[C@@H]1Cc2ccccc2C1NC(=O)[C@H](Cc1ccccc1)C[C@H](O)CN1CCN(Cc2cccnc2)C[C@H]1C(=O)NC(C)(C)C. The van der Waals surface area contributed by atoms with Gasteiger partial charge in [-0.15, -0.1) is 0 Å². The van der Waals surface area contributed by atoms with Crippen LogP contribution in [-0.2, 0) is 48.0 Å². The molecule has 5 rings (SSSR count). The molecule has 1 aromatic heterocycles. The molecule has 2 aromatic carbocycles. The Morgan fingerprint density at radius 1 is 0.981 bits per heavy atom. The van der Waals surface area contributed by atoms with Gasteiger partial charge in [-0.05, 0) is 61.9 Å². The molecule has 1 unspecified atom stereocenters. The second-order valence-electron chi connectivity index (χ2n) is 15.1. The monoisotopic (exact) mass is 729 g/mol. The van der Waals surface area contributed by atoms with E-state index in [0.717, 1.165) is 22.3 Å². The van der Waals surface area contributed by atoms with Gasteiger partial charge in [-0.25, -0.2) is 4.79 Å². The van der Waals surface area contributed by atoms with Crippen LogP contribution in [0.1, 0.15) is 55.5 Å². The first-order valence-corrected chi connectivity index (χ1v) is 18.5. The summed E-state index contributed by atoms with van der Waals surface area (Å²) in [5.41, 5.74) is 3.51. The van der Waals surface area contributed by atoms with Gasteiger partial charge < -0.3 is 30.0 Å². The maximum atomic E-state index is 14.3. The van der Waals surface area contributed by atoms with Crippen molar-refractivity contribution in [1.82, 2.24) is 25.4 Å². The second-order valence-corrected chi connectivity index (χ2v) is 15.1. The van der Waals surface area contributed by atoms with Crippen molar-refractivity contribution in [1.29, 1.82) is 0 Å². The largest absolute Gasteiger partial charge is 0.458 e. The first kappa shape index (κ1) is 40.0. The van der Waals surface area contributed by atoms with Crippen LogP contribution in [0.4, 0.5) is 0 Å². The fourth-order valence-electron chi connectivity index (χ4n) is 7.16. The predicted octanol–water partition coefficient (Wildman–Crippen LogP) is 3.08. The number of nitrogens with zero attached hydrogens (tertiary/aromatic N) is 3. The van der Waals surface area contributed by atoms with Crippen LogP contribution < -0.4 is 10.6 Å². The first-order valence-electron chi connectivity index (χ1n) is 18.5. The molecule has 12 heteroatoms. The Bertz CT molecular complexity index is 1620. The number of rotatable bonds is 17. The van der Waals surface area contributed by atoms with Gasteiger partial charge in [0.15, 0.2) is 0 Å². The number of ether oxygens (including phenoxy) is 3. The molecule has 2 amide bonds. The van der Waals surface area contributed by atoms with Gasteiger partial charge in [0.2, 0.25) is 11.8 Å². The summed E-state index contributed by atoms with van der Waals surface area (Å²) in [5, 5.41) is 18.0. The number of pyridine rings is 1. The predicted molar refractivity (Wildman–Crippen MR) is 201 cm³/mol. The van der Waals surface area contributed by atoms with Crippen LogP contribution in [0.5, 0.6) is 0 Å². The summed E-state index contributed by atoms with van der Waals surface area (Å²) in [4.78, 5) is 49.2. The van der Waals surface area contributed by atoms with Gasteiger partial charge in [0.1, 0.15) is 18.8 Å². The van der Waals surface area contributed by atoms with E-state index in [9.17, 15) is 19.5 Å². The van der Waals surface area contributed by atoms with E-state index in [1.165, 1.54) is 0 Å². The maximum Gasteiger partial charge on any atom is 0.332 e. The number of aliphatic hydroxyl groups is 1. The topological polar surface area (TPSA) is 143 Å². The normalized spacial score (nSPS) is 20.3. The molecule has 0 saturated carbocycles. The smallest absolute Gasteiger partial charge is 0.332 e. The van der Waals surface area contributed by atoms with Gasteiger partial charge >= 0.3 is 5.97 Å². The van der Waals surface area contributed by atoms with Crippen LogP contribution in [0.25, 0.3) is 0 Å². The summed E-state index contributed by atoms with van der Waals surface area (Å²) < 4.78 is 16.2. The minimum Gasteiger partial charge on any atom is -0.458 e. The number of methoxy groups -OCH3 is 1. The van der Waals surface area contributed by atoms with E-state index in [1.807, 2.05) is 98.6 Å². The first-order chi connectivity index (χ1) is 25.5. The highest BCUT2D eigenvalue weighted by atomic mass is 16.6. The number of carbonyl (C=O) groups excluding carboxylic acids is 3. The zero-order chi connectivity index (χ0) is 37.8. The molecule has 3 aromatic rings. The molecule has 0 bridgehead atoms. The lowest BCUT2D eigenvalue weighted by Gasteiger charge is -2.42. The van der Waals surface area contributed by atoms with E-state index < -0.39 is 41.7 Å². The molecule has 1 aliphatic carbocycles. The Morgan fingerprint density at radius 2 is 1.74 bits per heavy atom. The summed E-state index contributed by atoms with van der Waals surface area (Å²) >= 11 is 0. The Hall–Kier alpha value is -4.20. The number of hydrogen-bond donors (Lipinski definition) is 3. The standard InChI is InChI=1S/C41H55N5O7/c1-41(2,3)44-40(50)35-27-45(25-30-13-10-16-42-24-30)17-18-46(35)26-33(47)22-32(21-29-11-6-5-7-12-29)39(49)43-38-34-15-9-8-14-31(34)23-36(38)53-37(48)28-52-20-19-51-4/h5-16,24,32-33,35-36,38,47H,17-23,25-28H2,1-4H3,(H,43,49)(H,44,50)/t32-,33+,35+,36-,38?/m1/s1. The number of amides is 2. The lowest BCUT2D eigenvalue weighted by atomic mass is 9.91. The number of fused-ring (bicyclic) bond motifs is 1. The van der Waals surface area contributed by atoms with Crippen molar-refractivity contribution in [2.45, 2.75) is 76.4 Å². The highest BCUT2D eigenvalue weighted by Crippen LogP contribution is 2.34. The summed E-state index contributed by atoms with van der Waals surface area (Å²) in [6.45, 7) is 8.98. The minimum atomic E-state index is -0.891. The number of carbonyl (C=O) groups is 3. The molecule has 1 fully saturated rings. The number of piperazine rings is 1. The molecule has 0 spiro atoms. The fourth-order valence-corrected chi connectivity index (χ4v) is 7.16. The van der Waals surface area contributed by atoms with Gasteiger partial charge in [-0.3, -0.25) is 24.4 Å². The molecule has 12 nitrogen and oxygen atoms in total. The number of aliphatic hydroxyl groups excluding tert-OH is 1. The van der Waals surface area contributed by atoms with Gasteiger partial charge in [-0.1, -0.05) is 60.7 Å². The van der Waals surface area contributed by atoms with Gasteiger partial charge in [-0.2, -0.15) is 0 Å². The third kappa shape index (κ3) is 12.2. The second kappa shape index (κ2) is 19.2. The molecule has 286 valence electrons. The Kier molecular flexibility index (Phi) is 14.5. The summed E-state index contributed by atoms with van der Waals surface area (Å²) in [5.74, 6) is -1.44. The lowest BCUT2D eigenvalue weighted by Crippen LogP contribution is -2.61. The number of β-amino-alcohol motifs (C(OH)–C–C–N with tert-alkyl or cyclic N) is 1. The zero-order valence-electron chi connectivity index (χ0n) is 31.4. The van der Waals surface area contributed by atoms with Crippen LogP contribution in [0.15, 0.2) is 79.1 Å². The highest BCUT2D eigenvalue weighted by Gasteiger charge is 2.39. The van der Waals surface area contributed by atoms with E-state index in [0.29, 0.717) is 45.6 Å². The van der Waals surface area contributed by atoms with Crippen LogP contribution >= 0.6 is 0 Å². The van der Waals surface area contributed by atoms with Gasteiger partial charge in [0, 0.05) is 70.1 Å². The molecular formula is C41H55N5O7. The molecule has 5 atom stereocenters. The van der Waals surface area contributed by atoms with Crippen LogP contribution in [0.3, 0.4) is 0 Å². The van der Waals surface area contributed by atoms with E-state index in [-0.39, 0.29) is 38.0 Å². The molecule has 1 aliphatic heterocycles. The molecule has 1 saturated heterocycles. The number of benzene rings is 2. The number of hydrogen-bond acceptors (Lipinski definition) is 10. The van der Waals surface area contributed by atoms with Gasteiger partial charge in [0.05, 0.1) is 25.4 Å². The van der Waals surface area contributed by atoms with Crippen LogP contribution in [0.2, 0.25) is 0 Å². The Labute approximate surface area is 313 Å². The molecule has 3 N–H and O–H groups in total. The Morgan fingerprint density at radius 3 is 2.47 bits per heavy atom. The molecule has 53 heavy (non-hydrogen) atoms. The van der Waals surface area contributed by atoms with E-state index in [2.05, 4.69) is 20.5 Å². The van der Waals surface area contributed by atoms with Crippen molar-refractivity contribution in [3.05, 3.63) is 101 Å². The molecular weight excluding hydrogens is 674 g/mol. The average Bonchev–Trinajstić information content (AvgIpc) is 3.46. The van der Waals surface area contributed by atoms with E-state index in [1.54, 1.807) is 13.3 Å². The van der Waals surface area contributed by atoms with E-state index in [4.69, 9.17) is 14.2 Å². The highest BCUT2D eigenvalue weighted by molar-refractivity contribution is 5.83. The van der Waals surface area contributed by atoms with E-state index >= 15 is 0 Å². The average molecular weight is 730 g/mol. The van der Waals surface area contributed by atoms with Crippen LogP contribution in [0, 0.1) is 5.92 Å². The van der Waals surface area contributed by atoms with Crippen molar-refractivity contribution in [2.24, 2.45) is 5.92 Å². The van der Waals surface area contributed by atoms with Crippen molar-refractivity contribution in [3.8, 4) is 0 Å². The fraction of sp³-hybridized carbons (Fsp3) is 0.512. The summed E-state index contributed by atoms with van der Waals surface area (Å²) in [6.07, 6.45) is 3.13. The van der Waals surface area contributed by atoms with Crippen LogP contribution in [-0.4, -0.2) is 115 Å². The minimum absolute atomic E-state index is 0.0938. The maximum absolute atomic E-state index is 14.3. The quantitative estimate of drug-likeness (QED) is 0.140. The summed E-state index contributed by atoms with van der Waals surface area (Å²) in [6, 6.07) is 20.4. The van der Waals surface area contributed by atoms with Crippen molar-refractivity contribution >= 4 is 17.8 Å². The van der Waals surface area contributed by atoms with Crippen molar-refractivity contribution in [2.75, 3.05) is 53.1 Å². The van der Waals surface area contributed by atoms with Crippen molar-refractivity contribution < 1.29 is 33.7 Å². The molecule has 2 heterocycles. The summed E-state index contributed by atoms with van der Waals surface area (Å²) in [7, 11) is 1.56. The number of aromatic nitrogens is 1. The number of nitrogens with one attached hydrogen (secondary N) is 2. The zero-order valence-corrected chi connectivity index (χ0v) is 31.4. The van der Waals surface area contributed by atoms with Gasteiger partial charge in [0.25, 0.3) is 0 Å². The third-order valence-corrected chi connectivity index (χ3v) is 9.62. The Balaban J connectivity index is 1.29. The lowest BCUT2D eigenvalue weighted by molar-refractivity contribution is -0.156. The third-order valence-electron chi connectivity index (χ3n) is 9.62.